The standard InChI is InChI=1S/C19H15NO5/c1-24-15-9-7-13(8-10-15)17-20-16(19(23)25-17)11-4-12-2-5-14(6-3-12)18(21)22/h2-3,5-11H,4H2,1H3,(H,21,22)/b16-11+. The van der Waals surface area contributed by atoms with Gasteiger partial charge in [0.05, 0.1) is 12.7 Å². The lowest BCUT2D eigenvalue weighted by atomic mass is 10.1. The molecule has 0 unspecified atom stereocenters. The van der Waals surface area contributed by atoms with Gasteiger partial charge < -0.3 is 14.6 Å². The molecule has 1 aliphatic heterocycles. The van der Waals surface area contributed by atoms with Gasteiger partial charge in [0.15, 0.2) is 0 Å². The van der Waals surface area contributed by atoms with E-state index in [1.54, 1.807) is 49.6 Å². The molecule has 1 N–H and O–H groups in total. The summed E-state index contributed by atoms with van der Waals surface area (Å²) in [5, 5.41) is 8.88. The van der Waals surface area contributed by atoms with Crippen LogP contribution in [-0.2, 0) is 16.0 Å². The van der Waals surface area contributed by atoms with Crippen LogP contribution in [0.15, 0.2) is 65.3 Å². The van der Waals surface area contributed by atoms with E-state index in [1.165, 1.54) is 12.1 Å². The molecular weight excluding hydrogens is 322 g/mol. The molecule has 0 aliphatic carbocycles. The zero-order valence-electron chi connectivity index (χ0n) is 13.4. The number of aromatic carboxylic acids is 1. The zero-order valence-corrected chi connectivity index (χ0v) is 13.4. The summed E-state index contributed by atoms with van der Waals surface area (Å²) < 4.78 is 10.3. The van der Waals surface area contributed by atoms with E-state index in [0.29, 0.717) is 17.7 Å². The van der Waals surface area contributed by atoms with Crippen LogP contribution in [0.1, 0.15) is 21.5 Å². The zero-order chi connectivity index (χ0) is 17.8. The van der Waals surface area contributed by atoms with Crippen molar-refractivity contribution in [1.82, 2.24) is 0 Å². The van der Waals surface area contributed by atoms with E-state index in [0.717, 1.165) is 5.56 Å². The molecule has 2 aromatic carbocycles. The summed E-state index contributed by atoms with van der Waals surface area (Å²) in [6.45, 7) is 0. The number of allylic oxidation sites excluding steroid dienone is 1. The minimum Gasteiger partial charge on any atom is -0.497 e. The first-order valence-corrected chi connectivity index (χ1v) is 7.54. The first kappa shape index (κ1) is 16.4. The number of hydrogen-bond donors (Lipinski definition) is 1. The van der Waals surface area contributed by atoms with Crippen molar-refractivity contribution in [2.75, 3.05) is 7.11 Å². The predicted molar refractivity (Wildman–Crippen MR) is 90.8 cm³/mol. The summed E-state index contributed by atoms with van der Waals surface area (Å²) in [7, 11) is 1.58. The Morgan fingerprint density at radius 1 is 1.16 bits per heavy atom. The highest BCUT2D eigenvalue weighted by Crippen LogP contribution is 2.19. The fourth-order valence-corrected chi connectivity index (χ4v) is 2.30. The Balaban J connectivity index is 1.74. The smallest absolute Gasteiger partial charge is 0.363 e. The summed E-state index contributed by atoms with van der Waals surface area (Å²) in [4.78, 5) is 27.0. The third-order valence-corrected chi connectivity index (χ3v) is 3.69. The molecular formula is C19H15NO5. The minimum absolute atomic E-state index is 0.219. The van der Waals surface area contributed by atoms with Crippen molar-refractivity contribution in [1.29, 1.82) is 0 Å². The average molecular weight is 337 g/mol. The van der Waals surface area contributed by atoms with Crippen molar-refractivity contribution in [3.05, 3.63) is 77.0 Å². The largest absolute Gasteiger partial charge is 0.497 e. The van der Waals surface area contributed by atoms with Crippen LogP contribution in [0.2, 0.25) is 0 Å². The molecule has 0 saturated carbocycles. The van der Waals surface area contributed by atoms with Gasteiger partial charge in [0.2, 0.25) is 5.90 Å². The van der Waals surface area contributed by atoms with Gasteiger partial charge in [0.1, 0.15) is 11.4 Å². The maximum atomic E-state index is 11.9. The van der Waals surface area contributed by atoms with E-state index < -0.39 is 11.9 Å². The van der Waals surface area contributed by atoms with E-state index in [9.17, 15) is 9.59 Å². The molecule has 1 heterocycles. The van der Waals surface area contributed by atoms with Crippen LogP contribution in [0.25, 0.3) is 0 Å². The highest BCUT2D eigenvalue weighted by molar-refractivity contribution is 6.11. The van der Waals surface area contributed by atoms with Gasteiger partial charge in [-0.15, -0.1) is 0 Å². The van der Waals surface area contributed by atoms with Crippen LogP contribution in [0.4, 0.5) is 0 Å². The summed E-state index contributed by atoms with van der Waals surface area (Å²) in [5.41, 5.74) is 2.01. The number of esters is 1. The summed E-state index contributed by atoms with van der Waals surface area (Å²) in [6, 6.07) is 13.5. The number of carbonyl (C=O) groups excluding carboxylic acids is 1. The molecule has 25 heavy (non-hydrogen) atoms. The molecule has 6 nitrogen and oxygen atoms in total. The lowest BCUT2D eigenvalue weighted by molar-refractivity contribution is -0.130. The Labute approximate surface area is 144 Å². The number of aliphatic imine (C=N–C) groups is 1. The fourth-order valence-electron chi connectivity index (χ4n) is 2.30. The van der Waals surface area contributed by atoms with Crippen LogP contribution < -0.4 is 4.74 Å². The third-order valence-electron chi connectivity index (χ3n) is 3.69. The quantitative estimate of drug-likeness (QED) is 0.670. The Kier molecular flexibility index (Phi) is 4.61. The second-order valence-corrected chi connectivity index (χ2v) is 5.33. The van der Waals surface area contributed by atoms with Crippen LogP contribution >= 0.6 is 0 Å². The molecule has 0 saturated heterocycles. The van der Waals surface area contributed by atoms with Crippen molar-refractivity contribution >= 4 is 17.8 Å². The van der Waals surface area contributed by atoms with Crippen molar-refractivity contribution in [3.8, 4) is 5.75 Å². The lowest BCUT2D eigenvalue weighted by Crippen LogP contribution is -2.05. The molecule has 0 atom stereocenters. The molecule has 126 valence electrons. The Morgan fingerprint density at radius 3 is 2.44 bits per heavy atom. The van der Waals surface area contributed by atoms with E-state index in [-0.39, 0.29) is 17.2 Å². The van der Waals surface area contributed by atoms with Crippen LogP contribution in [-0.4, -0.2) is 30.1 Å². The van der Waals surface area contributed by atoms with Crippen LogP contribution in [0.3, 0.4) is 0 Å². The van der Waals surface area contributed by atoms with Crippen molar-refractivity contribution in [2.24, 2.45) is 4.99 Å². The van der Waals surface area contributed by atoms with E-state index in [1.807, 2.05) is 0 Å². The highest BCUT2D eigenvalue weighted by atomic mass is 16.6. The third kappa shape index (κ3) is 3.74. The molecule has 0 bridgehead atoms. The summed E-state index contributed by atoms with van der Waals surface area (Å²) in [6.07, 6.45) is 2.11. The number of rotatable bonds is 5. The monoisotopic (exact) mass is 337 g/mol. The second kappa shape index (κ2) is 7.00. The molecule has 3 rings (SSSR count). The number of ether oxygens (including phenoxy) is 2. The molecule has 0 fully saturated rings. The van der Waals surface area contributed by atoms with Gasteiger partial charge in [-0.3, -0.25) is 0 Å². The van der Waals surface area contributed by atoms with Crippen LogP contribution in [0.5, 0.6) is 5.75 Å². The first-order chi connectivity index (χ1) is 12.1. The van der Waals surface area contributed by atoms with Gasteiger partial charge in [-0.2, -0.15) is 0 Å². The van der Waals surface area contributed by atoms with Crippen molar-refractivity contribution in [2.45, 2.75) is 6.42 Å². The number of carboxylic acids is 1. The first-order valence-electron chi connectivity index (χ1n) is 7.54. The van der Waals surface area contributed by atoms with Crippen molar-refractivity contribution in [3.63, 3.8) is 0 Å². The maximum absolute atomic E-state index is 11.9. The molecule has 0 radical (unpaired) electrons. The topological polar surface area (TPSA) is 85.2 Å². The van der Waals surface area contributed by atoms with Gasteiger partial charge in [0, 0.05) is 5.56 Å². The molecule has 0 spiro atoms. The Morgan fingerprint density at radius 2 is 1.84 bits per heavy atom. The van der Waals surface area contributed by atoms with Gasteiger partial charge >= 0.3 is 11.9 Å². The number of hydrogen-bond acceptors (Lipinski definition) is 5. The highest BCUT2D eigenvalue weighted by Gasteiger charge is 2.23. The predicted octanol–water partition coefficient (Wildman–Crippen LogP) is 2.82. The van der Waals surface area contributed by atoms with Gasteiger partial charge in [0.25, 0.3) is 0 Å². The van der Waals surface area contributed by atoms with Gasteiger partial charge in [-0.05, 0) is 54.5 Å². The van der Waals surface area contributed by atoms with Gasteiger partial charge in [-0.25, -0.2) is 14.6 Å². The number of nitrogens with zero attached hydrogens (tertiary/aromatic N) is 1. The number of methoxy groups -OCH3 is 1. The molecule has 2 aromatic rings. The number of carboxylic acid groups (broad SMARTS) is 1. The van der Waals surface area contributed by atoms with E-state index in [2.05, 4.69) is 4.99 Å². The van der Waals surface area contributed by atoms with Crippen molar-refractivity contribution < 1.29 is 24.2 Å². The minimum atomic E-state index is -0.974. The van der Waals surface area contributed by atoms with Gasteiger partial charge in [-0.1, -0.05) is 12.1 Å². The summed E-state index contributed by atoms with van der Waals surface area (Å²) >= 11 is 0. The number of carbonyl (C=O) groups is 2. The SMILES string of the molecule is COc1ccc(C2=N/C(=C/Cc3ccc(C(=O)O)cc3)C(=O)O2)cc1. The number of cyclic esters (lactones) is 1. The molecule has 1 aliphatic rings. The fraction of sp³-hybridized carbons (Fsp3) is 0.105. The molecule has 6 heteroatoms. The number of benzene rings is 2. The van der Waals surface area contributed by atoms with Crippen LogP contribution in [0, 0.1) is 0 Å². The Hall–Kier alpha value is -3.41. The second-order valence-electron chi connectivity index (χ2n) is 5.33. The summed E-state index contributed by atoms with van der Waals surface area (Å²) in [5.74, 6) is -0.527. The Bertz CT molecular complexity index is 864. The van der Waals surface area contributed by atoms with E-state index in [4.69, 9.17) is 14.6 Å². The lowest BCUT2D eigenvalue weighted by Gasteiger charge is -2.01. The average Bonchev–Trinajstić information content (AvgIpc) is 3.01. The normalized spacial score (nSPS) is 15.0. The molecule has 0 amide bonds. The molecule has 0 aromatic heterocycles. The maximum Gasteiger partial charge on any atom is 0.363 e. The van der Waals surface area contributed by atoms with E-state index >= 15 is 0 Å².